The minimum absolute atomic E-state index is 0.139. The van der Waals surface area contributed by atoms with Crippen LogP contribution in [-0.4, -0.2) is 41.9 Å². The monoisotopic (exact) mass is 288 g/mol. The zero-order chi connectivity index (χ0) is 14.5. The third-order valence-corrected chi connectivity index (χ3v) is 4.17. The molecule has 1 aromatic rings. The van der Waals surface area contributed by atoms with Gasteiger partial charge < -0.3 is 15.2 Å². The van der Waals surface area contributed by atoms with E-state index in [9.17, 15) is 8.42 Å². The number of sulfonamides is 1. The van der Waals surface area contributed by atoms with Gasteiger partial charge in [-0.25, -0.2) is 13.1 Å². The molecule has 0 aliphatic rings. The van der Waals surface area contributed by atoms with E-state index >= 15 is 0 Å². The molecule has 6 nitrogen and oxygen atoms in total. The summed E-state index contributed by atoms with van der Waals surface area (Å²) < 4.78 is 36.6. The number of nitrogen functional groups attached to an aromatic ring is 1. The third-order valence-electron chi connectivity index (χ3n) is 2.75. The molecule has 0 aliphatic heterocycles. The highest BCUT2D eigenvalue weighted by Crippen LogP contribution is 2.16. The van der Waals surface area contributed by atoms with Gasteiger partial charge in [0.05, 0.1) is 17.6 Å². The molecular weight excluding hydrogens is 268 g/mol. The third kappa shape index (κ3) is 4.46. The van der Waals surface area contributed by atoms with Crippen LogP contribution in [0.25, 0.3) is 0 Å². The van der Waals surface area contributed by atoms with E-state index in [1.54, 1.807) is 6.07 Å². The molecule has 0 saturated heterocycles. The number of nitrogens with two attached hydrogens (primary N) is 1. The fourth-order valence-electron chi connectivity index (χ4n) is 1.47. The zero-order valence-corrected chi connectivity index (χ0v) is 12.2. The summed E-state index contributed by atoms with van der Waals surface area (Å²) in [6.45, 7) is 2.27. The molecule has 1 rings (SSSR count). The molecule has 1 atom stereocenters. The lowest BCUT2D eigenvalue weighted by Gasteiger charge is -2.15. The number of hydrogen-bond donors (Lipinski definition) is 2. The van der Waals surface area contributed by atoms with Crippen molar-refractivity contribution in [1.82, 2.24) is 4.72 Å². The second-order valence-electron chi connectivity index (χ2n) is 4.18. The smallest absolute Gasteiger partial charge is 0.240 e. The van der Waals surface area contributed by atoms with Gasteiger partial charge in [0.15, 0.2) is 0 Å². The van der Waals surface area contributed by atoms with Crippen molar-refractivity contribution >= 4 is 15.7 Å². The lowest BCUT2D eigenvalue weighted by molar-refractivity contribution is 0.0320. The van der Waals surface area contributed by atoms with E-state index in [0.717, 1.165) is 5.56 Å². The normalized spacial score (nSPS) is 13.4. The predicted molar refractivity (Wildman–Crippen MR) is 73.5 cm³/mol. The van der Waals surface area contributed by atoms with Gasteiger partial charge in [-0.15, -0.1) is 0 Å². The van der Waals surface area contributed by atoms with Crippen LogP contribution in [0, 0.1) is 6.92 Å². The molecule has 0 fully saturated rings. The number of benzene rings is 1. The Labute approximate surface area is 113 Å². The van der Waals surface area contributed by atoms with Crippen LogP contribution in [0.4, 0.5) is 5.69 Å². The highest BCUT2D eigenvalue weighted by Gasteiger charge is 2.17. The van der Waals surface area contributed by atoms with Gasteiger partial charge in [-0.05, 0) is 24.6 Å². The van der Waals surface area contributed by atoms with Gasteiger partial charge in [0.2, 0.25) is 10.0 Å². The molecule has 0 aliphatic carbocycles. The Kier molecular flexibility index (Phi) is 5.74. The Bertz CT molecular complexity index is 516. The molecule has 1 aromatic carbocycles. The standard InChI is InChI=1S/C12H20N2O4S/c1-9-4-5-11(6-12(9)13)19(15,16)14-7-10(18-3)8-17-2/h4-6,10,14H,7-8,13H2,1-3H3. The first-order valence-corrected chi connectivity index (χ1v) is 7.26. The number of ether oxygens (including phenoxy) is 2. The summed E-state index contributed by atoms with van der Waals surface area (Å²) in [6.07, 6.45) is -0.331. The first kappa shape index (κ1) is 15.9. The van der Waals surface area contributed by atoms with Crippen molar-refractivity contribution in [2.24, 2.45) is 0 Å². The van der Waals surface area contributed by atoms with Crippen molar-refractivity contribution in [3.63, 3.8) is 0 Å². The summed E-state index contributed by atoms with van der Waals surface area (Å²) in [5.74, 6) is 0. The average Bonchev–Trinajstić information content (AvgIpc) is 2.37. The molecule has 0 saturated carbocycles. The molecule has 0 amide bonds. The van der Waals surface area contributed by atoms with Gasteiger partial charge in [0.1, 0.15) is 0 Å². The molecule has 108 valence electrons. The fraction of sp³-hybridized carbons (Fsp3) is 0.500. The highest BCUT2D eigenvalue weighted by molar-refractivity contribution is 7.89. The minimum Gasteiger partial charge on any atom is -0.398 e. The van der Waals surface area contributed by atoms with Crippen molar-refractivity contribution in [1.29, 1.82) is 0 Å². The quantitative estimate of drug-likeness (QED) is 0.714. The number of anilines is 1. The van der Waals surface area contributed by atoms with Crippen LogP contribution < -0.4 is 10.5 Å². The van der Waals surface area contributed by atoms with Crippen molar-refractivity contribution in [2.45, 2.75) is 17.9 Å². The van der Waals surface area contributed by atoms with E-state index in [-0.39, 0.29) is 17.5 Å². The zero-order valence-electron chi connectivity index (χ0n) is 11.3. The van der Waals surface area contributed by atoms with Gasteiger partial charge in [-0.2, -0.15) is 0 Å². The van der Waals surface area contributed by atoms with E-state index in [1.807, 2.05) is 6.92 Å². The molecule has 0 aromatic heterocycles. The second-order valence-corrected chi connectivity index (χ2v) is 5.95. The maximum atomic E-state index is 12.1. The van der Waals surface area contributed by atoms with Crippen molar-refractivity contribution < 1.29 is 17.9 Å². The summed E-state index contributed by atoms with van der Waals surface area (Å²) in [5.41, 5.74) is 7.00. The minimum atomic E-state index is -3.59. The summed E-state index contributed by atoms with van der Waals surface area (Å²) in [4.78, 5) is 0.142. The number of rotatable bonds is 7. The Morgan fingerprint density at radius 3 is 2.58 bits per heavy atom. The predicted octanol–water partition coefficient (Wildman–Crippen LogP) is 0.517. The number of aryl methyl sites for hydroxylation is 1. The van der Waals surface area contributed by atoms with E-state index < -0.39 is 10.0 Å². The SMILES string of the molecule is COCC(CNS(=O)(=O)c1ccc(C)c(N)c1)OC. The van der Waals surface area contributed by atoms with Crippen molar-refractivity contribution in [3.8, 4) is 0 Å². The summed E-state index contributed by atoms with van der Waals surface area (Å²) in [5, 5.41) is 0. The van der Waals surface area contributed by atoms with Crippen molar-refractivity contribution in [3.05, 3.63) is 23.8 Å². The molecular formula is C12H20N2O4S. The van der Waals surface area contributed by atoms with Crippen LogP contribution in [0.2, 0.25) is 0 Å². The first-order valence-electron chi connectivity index (χ1n) is 5.78. The van der Waals surface area contributed by atoms with Crippen LogP contribution in [0.3, 0.4) is 0 Å². The average molecular weight is 288 g/mol. The first-order chi connectivity index (χ1) is 8.90. The number of hydrogen-bond acceptors (Lipinski definition) is 5. The number of nitrogens with one attached hydrogen (secondary N) is 1. The van der Waals surface area contributed by atoms with Crippen LogP contribution >= 0.6 is 0 Å². The lowest BCUT2D eigenvalue weighted by Crippen LogP contribution is -2.35. The van der Waals surface area contributed by atoms with Gasteiger partial charge in [0.25, 0.3) is 0 Å². The fourth-order valence-corrected chi connectivity index (χ4v) is 2.57. The summed E-state index contributed by atoms with van der Waals surface area (Å²) >= 11 is 0. The van der Waals surface area contributed by atoms with E-state index in [0.29, 0.717) is 12.3 Å². The van der Waals surface area contributed by atoms with Crippen LogP contribution in [0.1, 0.15) is 5.56 Å². The van der Waals surface area contributed by atoms with Crippen molar-refractivity contribution in [2.75, 3.05) is 33.1 Å². The van der Waals surface area contributed by atoms with E-state index in [1.165, 1.54) is 26.4 Å². The molecule has 0 spiro atoms. The Morgan fingerprint density at radius 1 is 1.37 bits per heavy atom. The molecule has 7 heteroatoms. The van der Waals surface area contributed by atoms with E-state index in [2.05, 4.69) is 4.72 Å². The second kappa shape index (κ2) is 6.85. The summed E-state index contributed by atoms with van der Waals surface area (Å²) in [6, 6.07) is 4.63. The summed E-state index contributed by atoms with van der Waals surface area (Å²) in [7, 11) is -0.558. The molecule has 0 radical (unpaired) electrons. The molecule has 1 unspecified atom stereocenters. The maximum absolute atomic E-state index is 12.1. The van der Waals surface area contributed by atoms with Crippen LogP contribution in [0.15, 0.2) is 23.1 Å². The van der Waals surface area contributed by atoms with Gasteiger partial charge in [0, 0.05) is 26.5 Å². The molecule has 19 heavy (non-hydrogen) atoms. The molecule has 0 bridgehead atoms. The highest BCUT2D eigenvalue weighted by atomic mass is 32.2. The van der Waals surface area contributed by atoms with Crippen LogP contribution in [0.5, 0.6) is 0 Å². The van der Waals surface area contributed by atoms with E-state index in [4.69, 9.17) is 15.2 Å². The Hall–Kier alpha value is -1.15. The topological polar surface area (TPSA) is 90.7 Å². The molecule has 0 heterocycles. The Morgan fingerprint density at radius 2 is 2.05 bits per heavy atom. The van der Waals surface area contributed by atoms with Gasteiger partial charge in [-0.1, -0.05) is 6.07 Å². The maximum Gasteiger partial charge on any atom is 0.240 e. The largest absolute Gasteiger partial charge is 0.398 e. The lowest BCUT2D eigenvalue weighted by atomic mass is 10.2. The van der Waals surface area contributed by atoms with Crippen LogP contribution in [-0.2, 0) is 19.5 Å². The molecule has 3 N–H and O–H groups in total. The van der Waals surface area contributed by atoms with Gasteiger partial charge in [-0.3, -0.25) is 0 Å². The van der Waals surface area contributed by atoms with Gasteiger partial charge >= 0.3 is 0 Å². The Balaban J connectivity index is 2.78. The number of methoxy groups -OCH3 is 2.